The highest BCUT2D eigenvalue weighted by atomic mass is 13.9. The molecule has 92 valence electrons. The van der Waals surface area contributed by atoms with E-state index in [0.717, 1.165) is 12.0 Å². The Balaban J connectivity index is 2.59. The maximum Gasteiger partial charge on any atom is -0.00502 e. The first-order valence-electron chi connectivity index (χ1n) is 6.16. The Labute approximate surface area is 111 Å². The van der Waals surface area contributed by atoms with Gasteiger partial charge < -0.3 is 0 Å². The van der Waals surface area contributed by atoms with Crippen LogP contribution in [0.2, 0.25) is 0 Å². The van der Waals surface area contributed by atoms with Crippen molar-refractivity contribution in [1.82, 2.24) is 0 Å². The van der Waals surface area contributed by atoms with Gasteiger partial charge in [0.1, 0.15) is 0 Å². The van der Waals surface area contributed by atoms with Crippen LogP contribution >= 0.6 is 0 Å². The van der Waals surface area contributed by atoms with Crippen LogP contribution in [0.5, 0.6) is 0 Å². The van der Waals surface area contributed by atoms with E-state index in [2.05, 4.69) is 68.3 Å². The number of aryl methyl sites for hydroxylation is 1. The van der Waals surface area contributed by atoms with Gasteiger partial charge in [0.2, 0.25) is 0 Å². The fourth-order valence-corrected chi connectivity index (χ4v) is 1.45. The number of hydrogen-bond acceptors (Lipinski definition) is 0. The van der Waals surface area contributed by atoms with E-state index in [0.29, 0.717) is 0 Å². The zero-order chi connectivity index (χ0) is 13.4. The molecule has 0 N–H and O–H groups in total. The van der Waals surface area contributed by atoms with Crippen molar-refractivity contribution in [3.05, 3.63) is 64.8 Å². The molecule has 0 aliphatic carbocycles. The monoisotopic (exact) mass is 236 g/mol. The van der Waals surface area contributed by atoms with Gasteiger partial charge in [-0.2, -0.15) is 0 Å². The molecule has 0 aromatic heterocycles. The van der Waals surface area contributed by atoms with Gasteiger partial charge in [-0.15, -0.1) is 6.42 Å². The van der Waals surface area contributed by atoms with E-state index in [1.807, 2.05) is 6.92 Å². The van der Waals surface area contributed by atoms with Gasteiger partial charge >= 0.3 is 0 Å². The Morgan fingerprint density at radius 2 is 1.83 bits per heavy atom. The van der Waals surface area contributed by atoms with Crippen LogP contribution in [0.15, 0.2) is 53.6 Å². The van der Waals surface area contributed by atoms with Crippen LogP contribution < -0.4 is 0 Å². The number of terminal acetylenes is 1. The quantitative estimate of drug-likeness (QED) is 0.514. The Morgan fingerprint density at radius 1 is 1.17 bits per heavy atom. The molecule has 0 heteroatoms. The third-order valence-electron chi connectivity index (χ3n) is 2.71. The summed E-state index contributed by atoms with van der Waals surface area (Å²) in [5.41, 5.74) is 4.75. The van der Waals surface area contributed by atoms with Gasteiger partial charge in [-0.3, -0.25) is 0 Å². The average molecular weight is 236 g/mol. The predicted molar refractivity (Wildman–Crippen MR) is 81.2 cm³/mol. The van der Waals surface area contributed by atoms with Crippen LogP contribution in [0, 0.1) is 19.3 Å². The fourth-order valence-electron chi connectivity index (χ4n) is 1.45. The fraction of sp³-hybridized carbons (Fsp3) is 0.222. The van der Waals surface area contributed by atoms with Gasteiger partial charge in [0.25, 0.3) is 0 Å². The molecule has 0 fully saturated rings. The molecule has 0 atom stereocenters. The highest BCUT2D eigenvalue weighted by molar-refractivity contribution is 5.53. The molecule has 18 heavy (non-hydrogen) atoms. The number of benzene rings is 1. The SMILES string of the molecule is C#C/C(C)=C\C/C=C(C)/C=C/c1ccc(C)cc1. The summed E-state index contributed by atoms with van der Waals surface area (Å²) in [5.74, 6) is 2.62. The second-order valence-electron chi connectivity index (χ2n) is 4.46. The molecule has 0 nitrogen and oxygen atoms in total. The molecule has 0 aliphatic rings. The van der Waals surface area contributed by atoms with Gasteiger partial charge in [0, 0.05) is 0 Å². The van der Waals surface area contributed by atoms with E-state index in [1.54, 1.807) is 0 Å². The predicted octanol–water partition coefficient (Wildman–Crippen LogP) is 4.92. The molecule has 1 aromatic carbocycles. The van der Waals surface area contributed by atoms with Gasteiger partial charge in [0.15, 0.2) is 0 Å². The maximum absolute atomic E-state index is 5.28. The second kappa shape index (κ2) is 7.35. The highest BCUT2D eigenvalue weighted by Crippen LogP contribution is 2.08. The maximum atomic E-state index is 5.28. The van der Waals surface area contributed by atoms with E-state index in [-0.39, 0.29) is 0 Å². The van der Waals surface area contributed by atoms with Gasteiger partial charge in [-0.05, 0) is 38.3 Å². The van der Waals surface area contributed by atoms with Crippen molar-refractivity contribution in [1.29, 1.82) is 0 Å². The molecule has 0 unspecified atom stereocenters. The van der Waals surface area contributed by atoms with Crippen molar-refractivity contribution in [2.75, 3.05) is 0 Å². The number of rotatable bonds is 4. The van der Waals surface area contributed by atoms with Gasteiger partial charge in [-0.1, -0.05) is 65.6 Å². The van der Waals surface area contributed by atoms with Crippen LogP contribution in [-0.4, -0.2) is 0 Å². The van der Waals surface area contributed by atoms with Crippen molar-refractivity contribution >= 4 is 6.08 Å². The van der Waals surface area contributed by atoms with E-state index in [1.165, 1.54) is 16.7 Å². The summed E-state index contributed by atoms with van der Waals surface area (Å²) in [5, 5.41) is 0. The zero-order valence-corrected chi connectivity index (χ0v) is 11.4. The zero-order valence-electron chi connectivity index (χ0n) is 11.4. The van der Waals surface area contributed by atoms with E-state index >= 15 is 0 Å². The second-order valence-corrected chi connectivity index (χ2v) is 4.46. The van der Waals surface area contributed by atoms with Gasteiger partial charge in [-0.25, -0.2) is 0 Å². The minimum Gasteiger partial charge on any atom is -0.115 e. The molecule has 0 saturated heterocycles. The summed E-state index contributed by atoms with van der Waals surface area (Å²) >= 11 is 0. The minimum atomic E-state index is 0.889. The molecule has 0 saturated carbocycles. The van der Waals surface area contributed by atoms with Crippen LogP contribution in [0.4, 0.5) is 0 Å². The van der Waals surface area contributed by atoms with Crippen molar-refractivity contribution in [3.8, 4) is 12.3 Å². The summed E-state index contributed by atoms with van der Waals surface area (Å²) in [6.45, 7) is 6.15. The average Bonchev–Trinajstić information content (AvgIpc) is 2.38. The Bertz CT molecular complexity index is 502. The molecule has 0 aliphatic heterocycles. The topological polar surface area (TPSA) is 0 Å². The van der Waals surface area contributed by atoms with E-state index in [4.69, 9.17) is 6.42 Å². The van der Waals surface area contributed by atoms with Crippen molar-refractivity contribution in [2.45, 2.75) is 27.2 Å². The Morgan fingerprint density at radius 3 is 2.44 bits per heavy atom. The van der Waals surface area contributed by atoms with E-state index < -0.39 is 0 Å². The summed E-state index contributed by atoms with van der Waals surface area (Å²) < 4.78 is 0. The van der Waals surface area contributed by atoms with Crippen molar-refractivity contribution in [2.24, 2.45) is 0 Å². The van der Waals surface area contributed by atoms with Crippen LogP contribution in [0.25, 0.3) is 6.08 Å². The Kier molecular flexibility index (Phi) is 5.74. The third-order valence-corrected chi connectivity index (χ3v) is 2.71. The number of allylic oxidation sites excluding steroid dienone is 5. The molecule has 0 spiro atoms. The first-order chi connectivity index (χ1) is 8.61. The first kappa shape index (κ1) is 14.1. The lowest BCUT2D eigenvalue weighted by Crippen LogP contribution is -1.75. The van der Waals surface area contributed by atoms with Crippen molar-refractivity contribution in [3.63, 3.8) is 0 Å². The normalized spacial score (nSPS) is 12.8. The number of hydrogen-bond donors (Lipinski definition) is 0. The minimum absolute atomic E-state index is 0.889. The summed E-state index contributed by atoms with van der Waals surface area (Å²) in [7, 11) is 0. The van der Waals surface area contributed by atoms with E-state index in [9.17, 15) is 0 Å². The molecular weight excluding hydrogens is 216 g/mol. The van der Waals surface area contributed by atoms with Crippen LogP contribution in [0.1, 0.15) is 31.4 Å². The molecule has 1 rings (SSSR count). The Hall–Kier alpha value is -2.00. The molecule has 0 bridgehead atoms. The lowest BCUT2D eigenvalue weighted by atomic mass is 10.1. The first-order valence-corrected chi connectivity index (χ1v) is 6.16. The third kappa shape index (κ3) is 5.37. The molecule has 1 aromatic rings. The van der Waals surface area contributed by atoms with Crippen LogP contribution in [-0.2, 0) is 0 Å². The highest BCUT2D eigenvalue weighted by Gasteiger charge is 1.87. The smallest absolute Gasteiger partial charge is 0.00502 e. The molecule has 0 radical (unpaired) electrons. The molecular formula is C18H20. The largest absolute Gasteiger partial charge is 0.115 e. The lowest BCUT2D eigenvalue weighted by molar-refractivity contribution is 1.30. The standard InChI is InChI=1S/C18H20/c1-5-15(2)7-6-8-16(3)9-12-18-13-10-17(4)11-14-18/h1,7-14H,6H2,2-4H3/b12-9+,15-7-,16-8+. The van der Waals surface area contributed by atoms with Crippen molar-refractivity contribution < 1.29 is 0 Å². The summed E-state index contributed by atoms with van der Waals surface area (Å²) in [4.78, 5) is 0. The summed E-state index contributed by atoms with van der Waals surface area (Å²) in [6.07, 6.45) is 14.7. The molecule has 0 amide bonds. The summed E-state index contributed by atoms with van der Waals surface area (Å²) in [6, 6.07) is 8.50. The lowest BCUT2D eigenvalue weighted by Gasteiger charge is -1.95. The van der Waals surface area contributed by atoms with Gasteiger partial charge in [0.05, 0.1) is 0 Å². The molecule has 0 heterocycles. The van der Waals surface area contributed by atoms with Crippen LogP contribution in [0.3, 0.4) is 0 Å².